The molecule has 2 rings (SSSR count). The summed E-state index contributed by atoms with van der Waals surface area (Å²) in [7, 11) is -3.64. The van der Waals surface area contributed by atoms with Crippen LogP contribution in [0.4, 0.5) is 0 Å². The van der Waals surface area contributed by atoms with Crippen molar-refractivity contribution < 1.29 is 19.0 Å². The van der Waals surface area contributed by atoms with Crippen LogP contribution < -0.4 is 5.09 Å². The van der Waals surface area contributed by atoms with Gasteiger partial charge in [0.25, 0.3) is 7.52 Å². The summed E-state index contributed by atoms with van der Waals surface area (Å²) in [6, 6.07) is 9.17. The zero-order valence-corrected chi connectivity index (χ0v) is 13.9. The second-order valence-corrected chi connectivity index (χ2v) is 7.78. The summed E-state index contributed by atoms with van der Waals surface area (Å²) < 4.78 is 18.1. The third-order valence-corrected chi connectivity index (χ3v) is 5.43. The second-order valence-electron chi connectivity index (χ2n) is 5.84. The Hall–Kier alpha value is -1.16. The van der Waals surface area contributed by atoms with Crippen LogP contribution in [-0.2, 0) is 20.3 Å². The van der Waals surface area contributed by atoms with Gasteiger partial charge in [-0.25, -0.2) is 5.09 Å². The summed E-state index contributed by atoms with van der Waals surface area (Å²) in [6.07, 6.45) is 4.28. The largest absolute Gasteiger partial charge is 0.443 e. The molecule has 0 spiro atoms. The highest BCUT2D eigenvalue weighted by Crippen LogP contribution is 2.45. The molecular formula is C16H24NO4P. The standard InChI is InChI=1S/C16H24NO4P/c1-2-15(18)21-16(11-7-4-8-12-16)17-22(19,20)13-14-9-5-3-6-10-14/h3,5-6,9-10H,2,4,7-8,11-13H2,1H3,(H2,17,19,20). The minimum Gasteiger partial charge on any atom is -0.443 e. The molecule has 0 amide bonds. The van der Waals surface area contributed by atoms with Gasteiger partial charge in [-0.1, -0.05) is 43.7 Å². The number of carbonyl (C=O) groups is 1. The Balaban J connectivity index is 2.11. The van der Waals surface area contributed by atoms with Crippen LogP contribution in [0.5, 0.6) is 0 Å². The van der Waals surface area contributed by atoms with Crippen molar-refractivity contribution in [2.45, 2.75) is 57.3 Å². The Bertz CT molecular complexity index is 540. The van der Waals surface area contributed by atoms with Crippen molar-refractivity contribution in [1.29, 1.82) is 0 Å². The molecule has 1 aromatic rings. The van der Waals surface area contributed by atoms with E-state index < -0.39 is 13.2 Å². The molecule has 0 bridgehead atoms. The highest BCUT2D eigenvalue weighted by molar-refractivity contribution is 7.55. The van der Waals surface area contributed by atoms with E-state index in [1.807, 2.05) is 30.3 Å². The lowest BCUT2D eigenvalue weighted by Gasteiger charge is -2.38. The third kappa shape index (κ3) is 4.94. The SMILES string of the molecule is CCC(=O)OC1(NP(=O)(O)Cc2ccccc2)CCCCC1. The molecule has 1 fully saturated rings. The van der Waals surface area contributed by atoms with Crippen molar-refractivity contribution in [1.82, 2.24) is 5.09 Å². The molecule has 0 aromatic heterocycles. The normalized spacial score (nSPS) is 20.1. The molecule has 1 atom stereocenters. The smallest absolute Gasteiger partial charge is 0.307 e. The number of hydrogen-bond donors (Lipinski definition) is 2. The maximum atomic E-state index is 12.6. The highest BCUT2D eigenvalue weighted by Gasteiger charge is 2.40. The Labute approximate surface area is 131 Å². The summed E-state index contributed by atoms with van der Waals surface area (Å²) in [5, 5.41) is 2.79. The zero-order valence-electron chi connectivity index (χ0n) is 13.0. The van der Waals surface area contributed by atoms with Gasteiger partial charge in [0.1, 0.15) is 0 Å². The Morgan fingerprint density at radius 3 is 2.50 bits per heavy atom. The van der Waals surface area contributed by atoms with Crippen LogP contribution in [-0.4, -0.2) is 16.6 Å². The van der Waals surface area contributed by atoms with Crippen LogP contribution in [0, 0.1) is 0 Å². The number of benzene rings is 1. The minimum atomic E-state index is -3.64. The van der Waals surface area contributed by atoms with Gasteiger partial charge in [0, 0.05) is 19.3 Å². The summed E-state index contributed by atoms with van der Waals surface area (Å²) in [6.45, 7) is 1.72. The highest BCUT2D eigenvalue weighted by atomic mass is 31.2. The predicted octanol–water partition coefficient (Wildman–Crippen LogP) is 3.58. The topological polar surface area (TPSA) is 75.6 Å². The molecule has 122 valence electrons. The summed E-state index contributed by atoms with van der Waals surface area (Å²) in [4.78, 5) is 22.0. The molecule has 0 heterocycles. The van der Waals surface area contributed by atoms with E-state index in [-0.39, 0.29) is 18.6 Å². The molecule has 1 unspecified atom stereocenters. The lowest BCUT2D eigenvalue weighted by atomic mass is 9.92. The molecule has 5 nitrogen and oxygen atoms in total. The molecular weight excluding hydrogens is 301 g/mol. The number of nitrogens with one attached hydrogen (secondary N) is 1. The molecule has 0 radical (unpaired) electrons. The average molecular weight is 325 g/mol. The Morgan fingerprint density at radius 2 is 1.91 bits per heavy atom. The van der Waals surface area contributed by atoms with Crippen molar-refractivity contribution in [2.24, 2.45) is 0 Å². The van der Waals surface area contributed by atoms with Crippen molar-refractivity contribution in [3.05, 3.63) is 35.9 Å². The molecule has 1 aromatic carbocycles. The van der Waals surface area contributed by atoms with Crippen LogP contribution >= 0.6 is 7.52 Å². The molecule has 1 aliphatic carbocycles. The fourth-order valence-electron chi connectivity index (χ4n) is 2.84. The van der Waals surface area contributed by atoms with Gasteiger partial charge in [0.2, 0.25) is 0 Å². The molecule has 1 saturated carbocycles. The van der Waals surface area contributed by atoms with Crippen LogP contribution in [0.2, 0.25) is 0 Å². The minimum absolute atomic E-state index is 0.0270. The lowest BCUT2D eigenvalue weighted by molar-refractivity contribution is -0.164. The number of hydrogen-bond acceptors (Lipinski definition) is 3. The molecule has 1 aliphatic rings. The molecule has 6 heteroatoms. The second kappa shape index (κ2) is 7.40. The van der Waals surface area contributed by atoms with E-state index in [2.05, 4.69) is 5.09 Å². The van der Waals surface area contributed by atoms with Crippen molar-refractivity contribution in [3.8, 4) is 0 Å². The van der Waals surface area contributed by atoms with Crippen LogP contribution in [0.15, 0.2) is 30.3 Å². The molecule has 2 N–H and O–H groups in total. The number of rotatable bonds is 6. The fraction of sp³-hybridized carbons (Fsp3) is 0.562. The van der Waals surface area contributed by atoms with Gasteiger partial charge in [-0.15, -0.1) is 0 Å². The maximum Gasteiger partial charge on any atom is 0.307 e. The average Bonchev–Trinajstić information content (AvgIpc) is 2.47. The van der Waals surface area contributed by atoms with E-state index in [9.17, 15) is 14.3 Å². The monoisotopic (exact) mass is 325 g/mol. The van der Waals surface area contributed by atoms with Crippen LogP contribution in [0.25, 0.3) is 0 Å². The lowest BCUT2D eigenvalue weighted by Crippen LogP contribution is -2.48. The molecule has 22 heavy (non-hydrogen) atoms. The quantitative estimate of drug-likeness (QED) is 0.475. The number of ether oxygens (including phenoxy) is 1. The maximum absolute atomic E-state index is 12.6. The Morgan fingerprint density at radius 1 is 1.27 bits per heavy atom. The number of carbonyl (C=O) groups excluding carboxylic acids is 1. The first-order valence-electron chi connectivity index (χ1n) is 7.82. The van der Waals surface area contributed by atoms with Crippen molar-refractivity contribution >= 4 is 13.5 Å². The number of esters is 1. The summed E-state index contributed by atoms with van der Waals surface area (Å²) in [5.41, 5.74) is -0.210. The summed E-state index contributed by atoms with van der Waals surface area (Å²) in [5.74, 6) is -0.339. The van der Waals surface area contributed by atoms with Gasteiger partial charge >= 0.3 is 5.97 Å². The molecule has 0 aliphatic heterocycles. The van der Waals surface area contributed by atoms with Crippen LogP contribution in [0.3, 0.4) is 0 Å². The van der Waals surface area contributed by atoms with Crippen molar-refractivity contribution in [2.75, 3.05) is 0 Å². The third-order valence-electron chi connectivity index (χ3n) is 3.88. The first kappa shape index (κ1) is 17.2. The van der Waals surface area contributed by atoms with Gasteiger partial charge in [0.05, 0.1) is 6.16 Å². The van der Waals surface area contributed by atoms with Gasteiger partial charge in [0.15, 0.2) is 5.72 Å². The predicted molar refractivity (Wildman–Crippen MR) is 85.3 cm³/mol. The van der Waals surface area contributed by atoms with Crippen molar-refractivity contribution in [3.63, 3.8) is 0 Å². The van der Waals surface area contributed by atoms with E-state index in [1.165, 1.54) is 0 Å². The van der Waals surface area contributed by atoms with Gasteiger partial charge < -0.3 is 9.63 Å². The fourth-order valence-corrected chi connectivity index (χ4v) is 4.53. The Kier molecular flexibility index (Phi) is 5.79. The van der Waals surface area contributed by atoms with Gasteiger partial charge in [-0.3, -0.25) is 9.36 Å². The first-order chi connectivity index (χ1) is 10.4. The van der Waals surface area contributed by atoms with Crippen LogP contribution in [0.1, 0.15) is 51.0 Å². The summed E-state index contributed by atoms with van der Waals surface area (Å²) >= 11 is 0. The van der Waals surface area contributed by atoms with E-state index >= 15 is 0 Å². The van der Waals surface area contributed by atoms with Gasteiger partial charge in [-0.2, -0.15) is 0 Å². The zero-order chi connectivity index (χ0) is 16.1. The molecule has 0 saturated heterocycles. The first-order valence-corrected chi connectivity index (χ1v) is 9.66. The van der Waals surface area contributed by atoms with E-state index in [4.69, 9.17) is 4.74 Å². The van der Waals surface area contributed by atoms with E-state index in [1.54, 1.807) is 6.92 Å². The van der Waals surface area contributed by atoms with E-state index in [0.717, 1.165) is 24.8 Å². The van der Waals surface area contributed by atoms with Gasteiger partial charge in [-0.05, 0) is 18.4 Å². The van der Waals surface area contributed by atoms with E-state index in [0.29, 0.717) is 12.8 Å².